The van der Waals surface area contributed by atoms with Crippen molar-refractivity contribution in [2.24, 2.45) is 29.1 Å². The number of fused-ring (bicyclic) bond motifs is 1. The molecular weight excluding hydrogens is 192 g/mol. The van der Waals surface area contributed by atoms with Crippen molar-refractivity contribution in [1.29, 1.82) is 0 Å². The van der Waals surface area contributed by atoms with E-state index in [1.165, 1.54) is 31.3 Å². The molecule has 0 heteroatoms. The summed E-state index contributed by atoms with van der Waals surface area (Å²) in [7, 11) is 0. The standard InChI is InChI=1S/C16H26/c1-6-13-11(2)7-10-15-14(13)9-8-12(3)16(15,4)5/h6,12-15H,1-2,7-10H2,3-5H3. The Morgan fingerprint density at radius 1 is 1.25 bits per heavy atom. The number of rotatable bonds is 1. The van der Waals surface area contributed by atoms with E-state index in [1.807, 2.05) is 0 Å². The Morgan fingerprint density at radius 3 is 2.56 bits per heavy atom. The zero-order chi connectivity index (χ0) is 11.9. The van der Waals surface area contributed by atoms with Gasteiger partial charge < -0.3 is 0 Å². The van der Waals surface area contributed by atoms with Crippen LogP contribution in [-0.2, 0) is 0 Å². The molecule has 4 atom stereocenters. The quantitative estimate of drug-likeness (QED) is 0.553. The summed E-state index contributed by atoms with van der Waals surface area (Å²) in [5.41, 5.74) is 1.94. The Balaban J connectivity index is 2.27. The Kier molecular flexibility index (Phi) is 3.03. The fourth-order valence-electron chi connectivity index (χ4n) is 4.10. The Bertz CT molecular complexity index is 297. The van der Waals surface area contributed by atoms with Gasteiger partial charge in [-0.15, -0.1) is 6.58 Å². The van der Waals surface area contributed by atoms with E-state index in [1.54, 1.807) is 0 Å². The van der Waals surface area contributed by atoms with E-state index < -0.39 is 0 Å². The summed E-state index contributed by atoms with van der Waals surface area (Å²) in [6, 6.07) is 0. The maximum Gasteiger partial charge on any atom is 0.000250 e. The van der Waals surface area contributed by atoms with Gasteiger partial charge in [0, 0.05) is 5.92 Å². The number of hydrogen-bond donors (Lipinski definition) is 0. The van der Waals surface area contributed by atoms with Gasteiger partial charge in [-0.3, -0.25) is 0 Å². The number of hydrogen-bond acceptors (Lipinski definition) is 0. The molecule has 16 heavy (non-hydrogen) atoms. The molecule has 0 spiro atoms. The number of allylic oxidation sites excluding steroid dienone is 2. The van der Waals surface area contributed by atoms with Gasteiger partial charge in [-0.2, -0.15) is 0 Å². The molecule has 0 aromatic heterocycles. The lowest BCUT2D eigenvalue weighted by molar-refractivity contribution is -0.00837. The average molecular weight is 218 g/mol. The van der Waals surface area contributed by atoms with E-state index in [-0.39, 0.29) is 0 Å². The third-order valence-corrected chi connectivity index (χ3v) is 5.64. The zero-order valence-corrected chi connectivity index (χ0v) is 11.1. The average Bonchev–Trinajstić information content (AvgIpc) is 2.23. The van der Waals surface area contributed by atoms with Gasteiger partial charge >= 0.3 is 0 Å². The molecular formula is C16H26. The highest BCUT2D eigenvalue weighted by molar-refractivity contribution is 5.16. The molecule has 2 aliphatic rings. The van der Waals surface area contributed by atoms with Crippen molar-refractivity contribution in [3.8, 4) is 0 Å². The molecule has 0 radical (unpaired) electrons. The second kappa shape index (κ2) is 4.05. The van der Waals surface area contributed by atoms with Crippen LogP contribution in [0.3, 0.4) is 0 Å². The lowest BCUT2D eigenvalue weighted by atomic mass is 9.52. The summed E-state index contributed by atoms with van der Waals surface area (Å²) in [6.45, 7) is 15.7. The molecule has 2 fully saturated rings. The van der Waals surface area contributed by atoms with E-state index in [0.29, 0.717) is 11.3 Å². The molecule has 2 rings (SSSR count). The zero-order valence-electron chi connectivity index (χ0n) is 11.1. The van der Waals surface area contributed by atoms with Crippen LogP contribution < -0.4 is 0 Å². The molecule has 0 saturated heterocycles. The summed E-state index contributed by atoms with van der Waals surface area (Å²) in [5, 5.41) is 0. The van der Waals surface area contributed by atoms with Crippen molar-refractivity contribution < 1.29 is 0 Å². The first-order chi connectivity index (χ1) is 7.48. The lowest BCUT2D eigenvalue weighted by Gasteiger charge is -2.53. The highest BCUT2D eigenvalue weighted by Crippen LogP contribution is 2.55. The van der Waals surface area contributed by atoms with E-state index in [0.717, 1.165) is 17.8 Å². The van der Waals surface area contributed by atoms with E-state index >= 15 is 0 Å². The van der Waals surface area contributed by atoms with Crippen LogP contribution in [0.2, 0.25) is 0 Å². The highest BCUT2D eigenvalue weighted by Gasteiger charge is 2.47. The van der Waals surface area contributed by atoms with Gasteiger partial charge in [0.05, 0.1) is 0 Å². The van der Waals surface area contributed by atoms with Crippen molar-refractivity contribution in [3.05, 3.63) is 24.8 Å². The molecule has 0 N–H and O–H groups in total. The minimum atomic E-state index is 0.505. The van der Waals surface area contributed by atoms with E-state index in [4.69, 9.17) is 0 Å². The maximum atomic E-state index is 4.25. The predicted molar refractivity (Wildman–Crippen MR) is 71.2 cm³/mol. The summed E-state index contributed by atoms with van der Waals surface area (Å²) in [6.07, 6.45) is 7.49. The molecule has 90 valence electrons. The van der Waals surface area contributed by atoms with Gasteiger partial charge in [-0.05, 0) is 48.9 Å². The first kappa shape index (κ1) is 12.0. The van der Waals surface area contributed by atoms with Gasteiger partial charge in [-0.25, -0.2) is 0 Å². The molecule has 2 aliphatic carbocycles. The first-order valence-electron chi connectivity index (χ1n) is 6.78. The van der Waals surface area contributed by atoms with Crippen molar-refractivity contribution >= 4 is 0 Å². The van der Waals surface area contributed by atoms with Gasteiger partial charge in [0.15, 0.2) is 0 Å². The SMILES string of the molecule is C=CC1C(=C)CCC2C1CCC(C)C2(C)C. The lowest BCUT2D eigenvalue weighted by Crippen LogP contribution is -2.45. The van der Waals surface area contributed by atoms with Crippen LogP contribution in [0.5, 0.6) is 0 Å². The Morgan fingerprint density at radius 2 is 1.94 bits per heavy atom. The van der Waals surface area contributed by atoms with Crippen LogP contribution in [0.25, 0.3) is 0 Å². The molecule has 0 bridgehead atoms. The predicted octanol–water partition coefficient (Wildman–Crippen LogP) is 4.83. The summed E-state index contributed by atoms with van der Waals surface area (Å²) < 4.78 is 0. The van der Waals surface area contributed by atoms with Crippen LogP contribution in [0.15, 0.2) is 24.8 Å². The normalized spacial score (nSPS) is 42.6. The van der Waals surface area contributed by atoms with Crippen LogP contribution in [0.1, 0.15) is 46.5 Å². The Labute approximate surface area is 101 Å². The van der Waals surface area contributed by atoms with Crippen molar-refractivity contribution in [2.75, 3.05) is 0 Å². The van der Waals surface area contributed by atoms with Crippen molar-refractivity contribution in [2.45, 2.75) is 46.5 Å². The van der Waals surface area contributed by atoms with Crippen LogP contribution in [-0.4, -0.2) is 0 Å². The van der Waals surface area contributed by atoms with Crippen LogP contribution in [0, 0.1) is 29.1 Å². The summed E-state index contributed by atoms with van der Waals surface area (Å²) in [5.74, 6) is 3.16. The molecule has 0 aliphatic heterocycles. The minimum absolute atomic E-state index is 0.505. The minimum Gasteiger partial charge on any atom is -0.102 e. The van der Waals surface area contributed by atoms with Gasteiger partial charge in [-0.1, -0.05) is 39.0 Å². The molecule has 4 unspecified atom stereocenters. The molecule has 0 aromatic rings. The van der Waals surface area contributed by atoms with Gasteiger partial charge in [0.25, 0.3) is 0 Å². The third kappa shape index (κ3) is 1.67. The highest BCUT2D eigenvalue weighted by atomic mass is 14.5. The van der Waals surface area contributed by atoms with Crippen molar-refractivity contribution in [1.82, 2.24) is 0 Å². The maximum absolute atomic E-state index is 4.25. The molecule has 0 aromatic carbocycles. The topological polar surface area (TPSA) is 0 Å². The fourth-order valence-corrected chi connectivity index (χ4v) is 4.10. The summed E-state index contributed by atoms with van der Waals surface area (Å²) >= 11 is 0. The molecule has 0 nitrogen and oxygen atoms in total. The molecule has 2 saturated carbocycles. The third-order valence-electron chi connectivity index (χ3n) is 5.64. The fraction of sp³-hybridized carbons (Fsp3) is 0.750. The molecule has 0 amide bonds. The summed E-state index contributed by atoms with van der Waals surface area (Å²) in [4.78, 5) is 0. The smallest absolute Gasteiger partial charge is 0.000250 e. The monoisotopic (exact) mass is 218 g/mol. The largest absolute Gasteiger partial charge is 0.102 e. The van der Waals surface area contributed by atoms with Crippen LogP contribution >= 0.6 is 0 Å². The Hall–Kier alpha value is -0.520. The van der Waals surface area contributed by atoms with E-state index in [9.17, 15) is 0 Å². The van der Waals surface area contributed by atoms with E-state index in [2.05, 4.69) is 40.0 Å². The second-order valence-electron chi connectivity index (χ2n) is 6.53. The van der Waals surface area contributed by atoms with Crippen molar-refractivity contribution in [3.63, 3.8) is 0 Å². The second-order valence-corrected chi connectivity index (χ2v) is 6.53. The van der Waals surface area contributed by atoms with Gasteiger partial charge in [0.2, 0.25) is 0 Å². The first-order valence-corrected chi connectivity index (χ1v) is 6.78. The van der Waals surface area contributed by atoms with Gasteiger partial charge in [0.1, 0.15) is 0 Å². The molecule has 0 heterocycles. The van der Waals surface area contributed by atoms with Crippen LogP contribution in [0.4, 0.5) is 0 Å².